The molecule has 1 aliphatic rings. The molecular weight excluding hydrogens is 412 g/mol. The van der Waals surface area contributed by atoms with E-state index in [2.05, 4.69) is 98.8 Å². The Bertz CT molecular complexity index is 1020. The zero-order valence-corrected chi connectivity index (χ0v) is 21.0. The van der Waals surface area contributed by atoms with Crippen molar-refractivity contribution in [2.75, 3.05) is 6.61 Å². The van der Waals surface area contributed by atoms with E-state index >= 15 is 0 Å². The molecule has 0 heterocycles. The summed E-state index contributed by atoms with van der Waals surface area (Å²) in [5.74, 6) is 1.53. The Hall–Kier alpha value is -2.64. The third kappa shape index (κ3) is 6.48. The van der Waals surface area contributed by atoms with Crippen LogP contribution >= 0.6 is 0 Å². The standard InChI is InChI=1S/C33H40O/c1-3-5-7-10-26-13-16-31(17-14-26)33-24-27(25-34-23-4-2)15-22-32(33)30-20-18-29(19-21-30)28-11-8-6-9-12-28/h3,5-6,8-9,11-12,15,18-22,24,26,31H,4,7,10,13-14,16-17,23,25H2,1-2H3/b5-3+. The van der Waals surface area contributed by atoms with Crippen LogP contribution in [0.3, 0.4) is 0 Å². The minimum Gasteiger partial charge on any atom is -0.377 e. The van der Waals surface area contributed by atoms with Crippen LogP contribution in [0.4, 0.5) is 0 Å². The molecule has 0 bridgehead atoms. The third-order valence-corrected chi connectivity index (χ3v) is 7.30. The molecule has 0 unspecified atom stereocenters. The zero-order valence-electron chi connectivity index (χ0n) is 21.0. The van der Waals surface area contributed by atoms with Gasteiger partial charge in [0.25, 0.3) is 0 Å². The molecule has 34 heavy (non-hydrogen) atoms. The molecule has 0 saturated heterocycles. The number of rotatable bonds is 10. The summed E-state index contributed by atoms with van der Waals surface area (Å²) >= 11 is 0. The Balaban J connectivity index is 1.56. The highest BCUT2D eigenvalue weighted by Crippen LogP contribution is 2.42. The molecule has 1 fully saturated rings. The average molecular weight is 453 g/mol. The maximum Gasteiger partial charge on any atom is 0.0716 e. The Labute approximate surface area is 206 Å². The summed E-state index contributed by atoms with van der Waals surface area (Å²) < 4.78 is 5.89. The highest BCUT2D eigenvalue weighted by Gasteiger charge is 2.24. The topological polar surface area (TPSA) is 9.23 Å². The molecule has 1 heteroatoms. The second-order valence-corrected chi connectivity index (χ2v) is 9.78. The first kappa shape index (κ1) is 24.5. The van der Waals surface area contributed by atoms with Crippen molar-refractivity contribution in [1.29, 1.82) is 0 Å². The van der Waals surface area contributed by atoms with Gasteiger partial charge in [-0.25, -0.2) is 0 Å². The monoisotopic (exact) mass is 452 g/mol. The molecular formula is C33H40O. The van der Waals surface area contributed by atoms with E-state index in [0.29, 0.717) is 12.5 Å². The molecule has 0 N–H and O–H groups in total. The fourth-order valence-corrected chi connectivity index (χ4v) is 5.37. The second kappa shape index (κ2) is 12.7. The Morgan fingerprint density at radius 3 is 2.24 bits per heavy atom. The van der Waals surface area contributed by atoms with E-state index in [4.69, 9.17) is 4.74 Å². The summed E-state index contributed by atoms with van der Waals surface area (Å²) in [4.78, 5) is 0. The van der Waals surface area contributed by atoms with Crippen LogP contribution in [0.15, 0.2) is 84.9 Å². The van der Waals surface area contributed by atoms with Crippen LogP contribution < -0.4 is 0 Å². The summed E-state index contributed by atoms with van der Waals surface area (Å²) in [5.41, 5.74) is 8.11. The van der Waals surface area contributed by atoms with E-state index in [1.54, 1.807) is 0 Å². The zero-order chi connectivity index (χ0) is 23.6. The van der Waals surface area contributed by atoms with E-state index in [0.717, 1.165) is 18.9 Å². The van der Waals surface area contributed by atoms with Crippen molar-refractivity contribution in [1.82, 2.24) is 0 Å². The van der Waals surface area contributed by atoms with Crippen molar-refractivity contribution in [3.63, 3.8) is 0 Å². The molecule has 1 nitrogen and oxygen atoms in total. The Morgan fingerprint density at radius 2 is 1.53 bits per heavy atom. The van der Waals surface area contributed by atoms with Crippen molar-refractivity contribution in [3.8, 4) is 22.3 Å². The molecule has 178 valence electrons. The lowest BCUT2D eigenvalue weighted by atomic mass is 9.75. The van der Waals surface area contributed by atoms with Crippen LogP contribution in [0.25, 0.3) is 22.3 Å². The first-order valence-corrected chi connectivity index (χ1v) is 13.3. The molecule has 1 aliphatic carbocycles. The summed E-state index contributed by atoms with van der Waals surface area (Å²) in [6, 6.07) is 26.8. The third-order valence-electron chi connectivity index (χ3n) is 7.30. The van der Waals surface area contributed by atoms with Gasteiger partial charge in [-0.1, -0.05) is 91.9 Å². The number of benzene rings is 3. The maximum atomic E-state index is 5.89. The second-order valence-electron chi connectivity index (χ2n) is 9.78. The first-order chi connectivity index (χ1) is 16.8. The number of hydrogen-bond donors (Lipinski definition) is 0. The van der Waals surface area contributed by atoms with E-state index in [-0.39, 0.29) is 0 Å². The molecule has 0 amide bonds. The predicted molar refractivity (Wildman–Crippen MR) is 146 cm³/mol. The molecule has 0 spiro atoms. The lowest BCUT2D eigenvalue weighted by Crippen LogP contribution is -2.14. The van der Waals surface area contributed by atoms with Crippen LogP contribution in [0.1, 0.15) is 75.8 Å². The molecule has 0 aliphatic heterocycles. The van der Waals surface area contributed by atoms with Gasteiger partial charge in [0.1, 0.15) is 0 Å². The van der Waals surface area contributed by atoms with E-state index in [9.17, 15) is 0 Å². The van der Waals surface area contributed by atoms with Crippen LogP contribution in [0, 0.1) is 5.92 Å². The summed E-state index contributed by atoms with van der Waals surface area (Å²) in [7, 11) is 0. The van der Waals surface area contributed by atoms with Gasteiger partial charge in [0.2, 0.25) is 0 Å². The summed E-state index contributed by atoms with van der Waals surface area (Å²) in [5, 5.41) is 0. The van der Waals surface area contributed by atoms with Crippen molar-refractivity contribution in [2.45, 2.75) is 71.3 Å². The van der Waals surface area contributed by atoms with Gasteiger partial charge in [-0.3, -0.25) is 0 Å². The summed E-state index contributed by atoms with van der Waals surface area (Å²) in [6.45, 7) is 5.84. The van der Waals surface area contributed by atoms with E-state index < -0.39 is 0 Å². The number of hydrogen-bond acceptors (Lipinski definition) is 1. The molecule has 1 saturated carbocycles. The van der Waals surface area contributed by atoms with Crippen molar-refractivity contribution in [2.24, 2.45) is 5.92 Å². The van der Waals surface area contributed by atoms with Gasteiger partial charge in [-0.05, 0) is 97.1 Å². The van der Waals surface area contributed by atoms with Gasteiger partial charge < -0.3 is 4.74 Å². The molecule has 0 atom stereocenters. The van der Waals surface area contributed by atoms with Gasteiger partial charge in [-0.15, -0.1) is 0 Å². The summed E-state index contributed by atoms with van der Waals surface area (Å²) in [6.07, 6.45) is 13.5. The fraction of sp³-hybridized carbons (Fsp3) is 0.394. The smallest absolute Gasteiger partial charge is 0.0716 e. The molecule has 4 rings (SSSR count). The minimum absolute atomic E-state index is 0.646. The van der Waals surface area contributed by atoms with E-state index in [1.807, 2.05) is 0 Å². The quantitative estimate of drug-likeness (QED) is 0.220. The Kier molecular flexibility index (Phi) is 9.16. The lowest BCUT2D eigenvalue weighted by Gasteiger charge is -2.30. The fourth-order valence-electron chi connectivity index (χ4n) is 5.37. The maximum absolute atomic E-state index is 5.89. The molecule has 0 radical (unpaired) electrons. The molecule has 0 aromatic heterocycles. The van der Waals surface area contributed by atoms with E-state index in [1.165, 1.54) is 71.9 Å². The van der Waals surface area contributed by atoms with Crippen molar-refractivity contribution in [3.05, 3.63) is 96.1 Å². The van der Waals surface area contributed by atoms with Gasteiger partial charge in [0, 0.05) is 6.61 Å². The first-order valence-electron chi connectivity index (χ1n) is 13.3. The van der Waals surface area contributed by atoms with Gasteiger partial charge in [0.15, 0.2) is 0 Å². The van der Waals surface area contributed by atoms with Gasteiger partial charge in [-0.2, -0.15) is 0 Å². The number of allylic oxidation sites excluding steroid dienone is 2. The normalized spacial score (nSPS) is 18.4. The SMILES string of the molecule is C/C=C/CCC1CCC(c2cc(COCCC)ccc2-c2ccc(-c3ccccc3)cc2)CC1. The minimum atomic E-state index is 0.646. The van der Waals surface area contributed by atoms with Crippen LogP contribution in [-0.2, 0) is 11.3 Å². The van der Waals surface area contributed by atoms with Crippen LogP contribution in [0.2, 0.25) is 0 Å². The van der Waals surface area contributed by atoms with Crippen LogP contribution in [-0.4, -0.2) is 6.61 Å². The average Bonchev–Trinajstić information content (AvgIpc) is 2.90. The lowest BCUT2D eigenvalue weighted by molar-refractivity contribution is 0.121. The Morgan fingerprint density at radius 1 is 0.824 bits per heavy atom. The van der Waals surface area contributed by atoms with Crippen molar-refractivity contribution < 1.29 is 4.74 Å². The van der Waals surface area contributed by atoms with Crippen LogP contribution in [0.5, 0.6) is 0 Å². The highest BCUT2D eigenvalue weighted by atomic mass is 16.5. The molecule has 3 aromatic carbocycles. The highest BCUT2D eigenvalue weighted by molar-refractivity contribution is 5.73. The molecule has 3 aromatic rings. The largest absolute Gasteiger partial charge is 0.377 e. The van der Waals surface area contributed by atoms with Crippen molar-refractivity contribution >= 4 is 0 Å². The number of ether oxygens (including phenoxy) is 1. The predicted octanol–water partition coefficient (Wildman–Crippen LogP) is 9.58. The van der Waals surface area contributed by atoms with Gasteiger partial charge in [0.05, 0.1) is 6.61 Å². The van der Waals surface area contributed by atoms with Gasteiger partial charge >= 0.3 is 0 Å².